The third-order valence-electron chi connectivity index (χ3n) is 4.04. The summed E-state index contributed by atoms with van der Waals surface area (Å²) in [4.78, 5) is 0. The summed E-state index contributed by atoms with van der Waals surface area (Å²) in [6, 6.07) is 21.6. The van der Waals surface area contributed by atoms with Gasteiger partial charge in [0.05, 0.1) is 0 Å². The molecule has 0 amide bonds. The number of rotatable bonds is 1. The Labute approximate surface area is 126 Å². The van der Waals surface area contributed by atoms with E-state index in [2.05, 4.69) is 88.7 Å². The molecule has 0 N–H and O–H groups in total. The zero-order valence-electron chi connectivity index (χ0n) is 10.9. The van der Waals surface area contributed by atoms with Crippen molar-refractivity contribution in [1.29, 1.82) is 0 Å². The fraction of sp³-hybridized carbons (Fsp3) is 0.0526. The zero-order chi connectivity index (χ0) is 13.5. The van der Waals surface area contributed by atoms with Gasteiger partial charge in [-0.25, -0.2) is 0 Å². The molecule has 0 aliphatic heterocycles. The van der Waals surface area contributed by atoms with Crippen LogP contribution in [-0.2, 0) is 0 Å². The van der Waals surface area contributed by atoms with Gasteiger partial charge < -0.3 is 0 Å². The van der Waals surface area contributed by atoms with E-state index in [-0.39, 0.29) is 0 Å². The fourth-order valence-electron chi connectivity index (χ4n) is 3.09. The summed E-state index contributed by atoms with van der Waals surface area (Å²) in [5.74, 6) is 0.355. The minimum absolute atomic E-state index is 0.355. The monoisotopic (exact) mass is 320 g/mol. The van der Waals surface area contributed by atoms with Crippen LogP contribution in [0.5, 0.6) is 0 Å². The normalized spacial score (nSPS) is 16.6. The van der Waals surface area contributed by atoms with Crippen molar-refractivity contribution >= 4 is 32.8 Å². The Balaban J connectivity index is 1.95. The molecule has 1 aliphatic carbocycles. The van der Waals surface area contributed by atoms with Gasteiger partial charge in [-0.15, -0.1) is 0 Å². The number of hydrogen-bond donors (Lipinski definition) is 0. The highest BCUT2D eigenvalue weighted by Crippen LogP contribution is 2.40. The number of hydrogen-bond acceptors (Lipinski definition) is 0. The van der Waals surface area contributed by atoms with Crippen LogP contribution in [0.25, 0.3) is 16.8 Å². The van der Waals surface area contributed by atoms with Crippen LogP contribution in [0.2, 0.25) is 0 Å². The quantitative estimate of drug-likeness (QED) is 0.534. The lowest BCUT2D eigenvalue weighted by molar-refractivity contribution is 1.06. The Kier molecular flexibility index (Phi) is 2.75. The van der Waals surface area contributed by atoms with Crippen molar-refractivity contribution in [2.75, 3.05) is 0 Å². The molecule has 0 aromatic heterocycles. The Bertz CT molecular complexity index is 825. The maximum absolute atomic E-state index is 3.65. The summed E-state index contributed by atoms with van der Waals surface area (Å²) in [5, 5.41) is 2.65. The van der Waals surface area contributed by atoms with E-state index in [1.54, 1.807) is 0 Å². The van der Waals surface area contributed by atoms with Crippen LogP contribution >= 0.6 is 15.9 Å². The average molecular weight is 321 g/mol. The van der Waals surface area contributed by atoms with Crippen LogP contribution in [0.3, 0.4) is 0 Å². The molecule has 0 nitrogen and oxygen atoms in total. The number of halogens is 1. The van der Waals surface area contributed by atoms with Gasteiger partial charge in [-0.1, -0.05) is 82.7 Å². The van der Waals surface area contributed by atoms with E-state index in [1.807, 2.05) is 0 Å². The van der Waals surface area contributed by atoms with Gasteiger partial charge in [-0.05, 0) is 33.5 Å². The molecule has 0 saturated carbocycles. The number of allylic oxidation sites excluding steroid dienone is 1. The molecule has 20 heavy (non-hydrogen) atoms. The van der Waals surface area contributed by atoms with Crippen molar-refractivity contribution in [2.45, 2.75) is 5.92 Å². The van der Waals surface area contributed by atoms with Gasteiger partial charge in [0.15, 0.2) is 0 Å². The van der Waals surface area contributed by atoms with Crippen LogP contribution < -0.4 is 0 Å². The molecule has 96 valence electrons. The Morgan fingerprint density at radius 3 is 2.45 bits per heavy atom. The predicted octanol–water partition coefficient (Wildman–Crippen LogP) is 5.76. The van der Waals surface area contributed by atoms with Gasteiger partial charge in [0, 0.05) is 10.4 Å². The van der Waals surface area contributed by atoms with Crippen molar-refractivity contribution in [3.05, 3.63) is 87.9 Å². The van der Waals surface area contributed by atoms with E-state index in [0.29, 0.717) is 5.92 Å². The molecule has 1 atom stereocenters. The van der Waals surface area contributed by atoms with Crippen molar-refractivity contribution in [3.8, 4) is 0 Å². The lowest BCUT2D eigenvalue weighted by Gasteiger charge is -2.15. The molecule has 0 fully saturated rings. The van der Waals surface area contributed by atoms with Gasteiger partial charge in [-0.3, -0.25) is 0 Å². The van der Waals surface area contributed by atoms with E-state index in [0.717, 1.165) is 0 Å². The summed E-state index contributed by atoms with van der Waals surface area (Å²) in [6.45, 7) is 0. The summed E-state index contributed by atoms with van der Waals surface area (Å²) in [7, 11) is 0. The SMILES string of the molecule is Brc1cccc2c1C=CC2c1cccc2ccccc12. The van der Waals surface area contributed by atoms with Crippen LogP contribution in [0.15, 0.2) is 71.2 Å². The lowest BCUT2D eigenvalue weighted by Crippen LogP contribution is -1.97. The second-order valence-corrected chi connectivity index (χ2v) is 6.00. The number of fused-ring (bicyclic) bond motifs is 2. The summed E-state index contributed by atoms with van der Waals surface area (Å²) < 4.78 is 1.17. The average Bonchev–Trinajstić information content (AvgIpc) is 2.92. The Hall–Kier alpha value is -1.86. The van der Waals surface area contributed by atoms with Crippen LogP contribution in [0, 0.1) is 0 Å². The molecule has 0 spiro atoms. The second kappa shape index (κ2) is 4.60. The van der Waals surface area contributed by atoms with E-state index >= 15 is 0 Å². The summed E-state index contributed by atoms with van der Waals surface area (Å²) in [5.41, 5.74) is 4.08. The molecule has 3 aromatic rings. The van der Waals surface area contributed by atoms with Gasteiger partial charge in [0.1, 0.15) is 0 Å². The van der Waals surface area contributed by atoms with Gasteiger partial charge >= 0.3 is 0 Å². The number of benzene rings is 3. The third kappa shape index (κ3) is 1.74. The van der Waals surface area contributed by atoms with E-state index < -0.39 is 0 Å². The topological polar surface area (TPSA) is 0 Å². The third-order valence-corrected chi connectivity index (χ3v) is 4.73. The smallest absolute Gasteiger partial charge is 0.0285 e. The lowest BCUT2D eigenvalue weighted by atomic mass is 9.89. The fourth-order valence-corrected chi connectivity index (χ4v) is 3.60. The van der Waals surface area contributed by atoms with E-state index in [9.17, 15) is 0 Å². The van der Waals surface area contributed by atoms with Crippen molar-refractivity contribution in [1.82, 2.24) is 0 Å². The van der Waals surface area contributed by atoms with Crippen LogP contribution in [0.4, 0.5) is 0 Å². The van der Waals surface area contributed by atoms with E-state index in [1.165, 1.54) is 31.9 Å². The zero-order valence-corrected chi connectivity index (χ0v) is 12.5. The van der Waals surface area contributed by atoms with Crippen molar-refractivity contribution < 1.29 is 0 Å². The first-order chi connectivity index (χ1) is 9.84. The van der Waals surface area contributed by atoms with Crippen molar-refractivity contribution in [3.63, 3.8) is 0 Å². The molecule has 0 bridgehead atoms. The van der Waals surface area contributed by atoms with Gasteiger partial charge in [0.2, 0.25) is 0 Å². The first-order valence-electron chi connectivity index (χ1n) is 6.79. The minimum Gasteiger partial charge on any atom is -0.0720 e. The highest BCUT2D eigenvalue weighted by atomic mass is 79.9. The molecular weight excluding hydrogens is 308 g/mol. The first kappa shape index (κ1) is 11.9. The highest BCUT2D eigenvalue weighted by molar-refractivity contribution is 9.10. The largest absolute Gasteiger partial charge is 0.0720 e. The molecule has 0 radical (unpaired) electrons. The maximum Gasteiger partial charge on any atom is 0.0285 e. The van der Waals surface area contributed by atoms with E-state index in [4.69, 9.17) is 0 Å². The predicted molar refractivity (Wildman–Crippen MR) is 89.0 cm³/mol. The minimum atomic E-state index is 0.355. The van der Waals surface area contributed by atoms with Gasteiger partial charge in [0.25, 0.3) is 0 Å². The molecule has 1 heteroatoms. The molecular formula is C19H13Br. The highest BCUT2D eigenvalue weighted by Gasteiger charge is 2.21. The molecule has 3 aromatic carbocycles. The Morgan fingerprint density at radius 2 is 1.50 bits per heavy atom. The van der Waals surface area contributed by atoms with Crippen molar-refractivity contribution in [2.24, 2.45) is 0 Å². The Morgan fingerprint density at radius 1 is 0.750 bits per heavy atom. The summed E-state index contributed by atoms with van der Waals surface area (Å²) >= 11 is 3.65. The van der Waals surface area contributed by atoms with Crippen LogP contribution in [-0.4, -0.2) is 0 Å². The molecule has 0 heterocycles. The second-order valence-electron chi connectivity index (χ2n) is 5.15. The molecule has 4 rings (SSSR count). The standard InChI is InChI=1S/C19H13Br/c20-19-10-4-9-16-17(11-12-18(16)19)15-8-3-6-13-5-1-2-7-14(13)15/h1-12,17H. The van der Waals surface area contributed by atoms with Gasteiger partial charge in [-0.2, -0.15) is 0 Å². The van der Waals surface area contributed by atoms with Crippen LogP contribution in [0.1, 0.15) is 22.6 Å². The maximum atomic E-state index is 3.65. The first-order valence-corrected chi connectivity index (χ1v) is 7.58. The summed E-state index contributed by atoms with van der Waals surface area (Å²) in [6.07, 6.45) is 4.53. The molecule has 1 aliphatic rings. The molecule has 1 unspecified atom stereocenters. The molecule has 0 saturated heterocycles.